The number of rotatable bonds is 7. The predicted octanol–water partition coefficient (Wildman–Crippen LogP) is 2.76. The first-order chi connectivity index (χ1) is 15.0. The third-order valence-corrected chi connectivity index (χ3v) is 5.54. The number of hydrogen-bond donors (Lipinski definition) is 4. The molecule has 0 bridgehead atoms. The minimum Gasteiger partial charge on any atom is -0.376 e. The highest BCUT2D eigenvalue weighted by atomic mass is 16.5. The quantitative estimate of drug-likeness (QED) is 0.532. The van der Waals surface area contributed by atoms with E-state index in [1.807, 2.05) is 6.92 Å². The third-order valence-electron chi connectivity index (χ3n) is 5.54. The van der Waals surface area contributed by atoms with E-state index in [4.69, 9.17) is 4.74 Å². The van der Waals surface area contributed by atoms with Gasteiger partial charge in [0, 0.05) is 44.2 Å². The molecule has 5 amide bonds. The fraction of sp³-hybridized carbons (Fsp3) is 0.591. The summed E-state index contributed by atoms with van der Waals surface area (Å²) >= 11 is 0. The molecule has 2 fully saturated rings. The number of nitrogens with zero attached hydrogens (tertiary/aromatic N) is 1. The lowest BCUT2D eigenvalue weighted by molar-refractivity contribution is -0.126. The topological polar surface area (TPSA) is 112 Å². The van der Waals surface area contributed by atoms with Gasteiger partial charge in [-0.2, -0.15) is 0 Å². The monoisotopic (exact) mass is 431 g/mol. The molecule has 9 nitrogen and oxygen atoms in total. The van der Waals surface area contributed by atoms with E-state index in [1.54, 1.807) is 29.2 Å². The first-order valence-electron chi connectivity index (χ1n) is 11.2. The van der Waals surface area contributed by atoms with Crippen LogP contribution >= 0.6 is 0 Å². The minimum atomic E-state index is -0.254. The van der Waals surface area contributed by atoms with Crippen LogP contribution in [0.5, 0.6) is 0 Å². The molecule has 0 radical (unpaired) electrons. The Morgan fingerprint density at radius 3 is 2.45 bits per heavy atom. The smallest absolute Gasteiger partial charge is 0.321 e. The number of likely N-dealkylation sites (tertiary alicyclic amines) is 1. The summed E-state index contributed by atoms with van der Waals surface area (Å²) in [6.45, 7) is 4.93. The van der Waals surface area contributed by atoms with Crippen LogP contribution in [0, 0.1) is 5.92 Å². The van der Waals surface area contributed by atoms with Gasteiger partial charge in [-0.05, 0) is 56.4 Å². The van der Waals surface area contributed by atoms with Gasteiger partial charge in [0.2, 0.25) is 5.91 Å². The van der Waals surface area contributed by atoms with Crippen molar-refractivity contribution >= 4 is 29.3 Å². The van der Waals surface area contributed by atoms with Crippen molar-refractivity contribution in [1.29, 1.82) is 0 Å². The summed E-state index contributed by atoms with van der Waals surface area (Å²) in [6.07, 6.45) is 4.58. The predicted molar refractivity (Wildman–Crippen MR) is 119 cm³/mol. The summed E-state index contributed by atoms with van der Waals surface area (Å²) in [5.74, 6) is -0.209. The van der Waals surface area contributed by atoms with E-state index >= 15 is 0 Å². The maximum absolute atomic E-state index is 12.7. The normalized spacial score (nSPS) is 20.7. The molecule has 170 valence electrons. The van der Waals surface area contributed by atoms with Crippen molar-refractivity contribution < 1.29 is 19.1 Å². The van der Waals surface area contributed by atoms with E-state index < -0.39 is 0 Å². The molecule has 0 saturated carbocycles. The number of carbonyl (C=O) groups is 3. The Balaban J connectivity index is 1.44. The number of ether oxygens (including phenoxy) is 1. The van der Waals surface area contributed by atoms with Gasteiger partial charge >= 0.3 is 12.1 Å². The lowest BCUT2D eigenvalue weighted by Gasteiger charge is -2.32. The number of piperidine rings is 1. The van der Waals surface area contributed by atoms with Gasteiger partial charge in [-0.15, -0.1) is 0 Å². The molecular formula is C22H33N5O4. The number of amides is 5. The van der Waals surface area contributed by atoms with Crippen molar-refractivity contribution in [1.82, 2.24) is 15.5 Å². The van der Waals surface area contributed by atoms with Crippen molar-refractivity contribution in [3.8, 4) is 0 Å². The molecule has 0 aromatic heterocycles. The summed E-state index contributed by atoms with van der Waals surface area (Å²) < 4.78 is 5.55. The second kappa shape index (κ2) is 11.5. The van der Waals surface area contributed by atoms with Crippen LogP contribution in [0.25, 0.3) is 0 Å². The van der Waals surface area contributed by atoms with E-state index in [1.165, 1.54) is 0 Å². The second-order valence-electron chi connectivity index (χ2n) is 8.05. The van der Waals surface area contributed by atoms with E-state index in [0.29, 0.717) is 37.6 Å². The first-order valence-corrected chi connectivity index (χ1v) is 11.2. The number of anilines is 2. The lowest BCUT2D eigenvalue weighted by Crippen LogP contribution is -2.47. The molecule has 2 aliphatic rings. The molecule has 1 aromatic carbocycles. The van der Waals surface area contributed by atoms with Crippen LogP contribution in [0.4, 0.5) is 21.0 Å². The Labute approximate surface area is 183 Å². The Bertz CT molecular complexity index is 749. The van der Waals surface area contributed by atoms with Gasteiger partial charge < -0.3 is 30.9 Å². The molecule has 2 saturated heterocycles. The van der Waals surface area contributed by atoms with Crippen LogP contribution in [-0.4, -0.2) is 61.8 Å². The molecule has 4 N–H and O–H groups in total. The fourth-order valence-electron chi connectivity index (χ4n) is 3.79. The van der Waals surface area contributed by atoms with Gasteiger partial charge in [-0.3, -0.25) is 4.79 Å². The summed E-state index contributed by atoms with van der Waals surface area (Å²) in [5.41, 5.74) is 1.28. The maximum atomic E-state index is 12.7. The van der Waals surface area contributed by atoms with Crippen LogP contribution in [0.15, 0.2) is 24.3 Å². The van der Waals surface area contributed by atoms with Crippen LogP contribution in [0.1, 0.15) is 39.0 Å². The number of nitrogens with one attached hydrogen (secondary N) is 4. The average Bonchev–Trinajstić information content (AvgIpc) is 3.31. The zero-order valence-electron chi connectivity index (χ0n) is 18.1. The zero-order valence-corrected chi connectivity index (χ0v) is 18.1. The number of urea groups is 2. The van der Waals surface area contributed by atoms with Crippen LogP contribution in [-0.2, 0) is 9.53 Å². The lowest BCUT2D eigenvalue weighted by atomic mass is 9.97. The van der Waals surface area contributed by atoms with Gasteiger partial charge in [0.1, 0.15) is 0 Å². The van der Waals surface area contributed by atoms with Gasteiger partial charge in [0.05, 0.1) is 12.0 Å². The number of carbonyl (C=O) groups excluding carboxylic acids is 3. The highest BCUT2D eigenvalue weighted by Gasteiger charge is 2.29. The van der Waals surface area contributed by atoms with Crippen LogP contribution in [0.3, 0.4) is 0 Å². The van der Waals surface area contributed by atoms with Crippen molar-refractivity contribution in [2.45, 2.75) is 45.1 Å². The molecule has 3 rings (SSSR count). The maximum Gasteiger partial charge on any atom is 0.321 e. The van der Waals surface area contributed by atoms with Crippen LogP contribution < -0.4 is 21.3 Å². The van der Waals surface area contributed by atoms with Crippen molar-refractivity contribution in [3.63, 3.8) is 0 Å². The molecule has 0 unspecified atom stereocenters. The molecule has 1 aromatic rings. The Morgan fingerprint density at radius 2 is 1.77 bits per heavy atom. The Hall–Kier alpha value is -2.81. The van der Waals surface area contributed by atoms with Gasteiger partial charge in [-0.25, -0.2) is 9.59 Å². The summed E-state index contributed by atoms with van der Waals surface area (Å²) in [5, 5.41) is 11.3. The molecule has 2 atom stereocenters. The molecular weight excluding hydrogens is 398 g/mol. The van der Waals surface area contributed by atoms with Crippen molar-refractivity contribution in [3.05, 3.63) is 24.3 Å². The standard InChI is InChI=1S/C22H33N5O4/c1-2-11-23-21(29)25-17-7-9-18(10-8-17)26-22(30)27-12-3-5-16(15-27)20(28)24-14-19-6-4-13-31-19/h7-10,16,19H,2-6,11-15H2,1H3,(H,24,28)(H,26,30)(H2,23,25,29)/t16-,19+/m0/s1. The zero-order chi connectivity index (χ0) is 22.1. The van der Waals surface area contributed by atoms with E-state index in [9.17, 15) is 14.4 Å². The Kier molecular flexibility index (Phi) is 8.52. The molecule has 9 heteroatoms. The number of hydrogen-bond acceptors (Lipinski definition) is 4. The summed E-state index contributed by atoms with van der Waals surface area (Å²) in [6, 6.07) is 6.47. The largest absolute Gasteiger partial charge is 0.376 e. The molecule has 2 aliphatic heterocycles. The molecule has 0 spiro atoms. The highest BCUT2D eigenvalue weighted by molar-refractivity contribution is 5.92. The van der Waals surface area contributed by atoms with E-state index in [-0.39, 0.29) is 30.0 Å². The minimum absolute atomic E-state index is 0.00947. The fourth-order valence-corrected chi connectivity index (χ4v) is 3.79. The van der Waals surface area contributed by atoms with Gasteiger partial charge in [0.25, 0.3) is 0 Å². The Morgan fingerprint density at radius 1 is 1.03 bits per heavy atom. The second-order valence-corrected chi connectivity index (χ2v) is 8.05. The van der Waals surface area contributed by atoms with Crippen molar-refractivity contribution in [2.75, 3.05) is 43.4 Å². The van der Waals surface area contributed by atoms with Gasteiger partial charge in [0.15, 0.2) is 0 Å². The highest BCUT2D eigenvalue weighted by Crippen LogP contribution is 2.19. The molecule has 0 aliphatic carbocycles. The average molecular weight is 432 g/mol. The molecule has 2 heterocycles. The SMILES string of the molecule is CCCNC(=O)Nc1ccc(NC(=O)N2CCC[C@H](C(=O)NC[C@H]3CCCO3)C2)cc1. The number of benzene rings is 1. The van der Waals surface area contributed by atoms with E-state index in [2.05, 4.69) is 21.3 Å². The van der Waals surface area contributed by atoms with Crippen LogP contribution in [0.2, 0.25) is 0 Å². The van der Waals surface area contributed by atoms with E-state index in [0.717, 1.165) is 38.7 Å². The van der Waals surface area contributed by atoms with Crippen molar-refractivity contribution in [2.24, 2.45) is 5.92 Å². The van der Waals surface area contributed by atoms with Gasteiger partial charge in [-0.1, -0.05) is 6.92 Å². The summed E-state index contributed by atoms with van der Waals surface area (Å²) in [7, 11) is 0. The summed E-state index contributed by atoms with van der Waals surface area (Å²) in [4.78, 5) is 38.6. The first kappa shape index (κ1) is 22.9. The third kappa shape index (κ3) is 7.13. The molecule has 31 heavy (non-hydrogen) atoms.